The largest absolute Gasteiger partial charge is 0.355 e. The smallest absolute Gasteiger partial charge is 0.0416 e. The van der Waals surface area contributed by atoms with Gasteiger partial charge >= 0.3 is 0 Å². The Balaban J connectivity index is 1.94. The number of anilines is 2. The minimum atomic E-state index is 1.17. The summed E-state index contributed by atoms with van der Waals surface area (Å²) in [6.45, 7) is 4.38. The second-order valence-electron chi connectivity index (χ2n) is 5.81. The Kier molecular flexibility index (Phi) is 6.33. The summed E-state index contributed by atoms with van der Waals surface area (Å²) in [4.78, 5) is 0. The molecule has 1 nitrogen and oxygen atoms in total. The van der Waals surface area contributed by atoms with Crippen LogP contribution in [0.3, 0.4) is 0 Å². The molecule has 2 aromatic carbocycles. The second kappa shape index (κ2) is 8.51. The number of nitrogens with one attached hydrogen (secondary N) is 1. The average molecular weight is 281 g/mol. The molecule has 21 heavy (non-hydrogen) atoms. The first kappa shape index (κ1) is 15.6. The molecule has 0 unspecified atom stereocenters. The third-order valence-electron chi connectivity index (χ3n) is 3.90. The lowest BCUT2D eigenvalue weighted by atomic mass is 10.0. The van der Waals surface area contributed by atoms with Gasteiger partial charge in [-0.1, -0.05) is 68.5 Å². The summed E-state index contributed by atoms with van der Waals surface area (Å²) in [5.74, 6) is 0. The predicted octanol–water partition coefficient (Wildman–Crippen LogP) is 6.25. The van der Waals surface area contributed by atoms with E-state index in [0.717, 1.165) is 0 Å². The fraction of sp³-hybridized carbons (Fsp3) is 0.400. The van der Waals surface area contributed by atoms with Gasteiger partial charge in [0, 0.05) is 11.4 Å². The molecule has 0 spiro atoms. The van der Waals surface area contributed by atoms with Gasteiger partial charge in [0.05, 0.1) is 0 Å². The molecule has 0 heterocycles. The topological polar surface area (TPSA) is 12.0 Å². The highest BCUT2D eigenvalue weighted by atomic mass is 14.9. The van der Waals surface area contributed by atoms with Gasteiger partial charge in [0.15, 0.2) is 0 Å². The van der Waals surface area contributed by atoms with E-state index in [2.05, 4.69) is 67.7 Å². The maximum Gasteiger partial charge on any atom is 0.0416 e. The van der Waals surface area contributed by atoms with Crippen LogP contribution in [0.2, 0.25) is 0 Å². The van der Waals surface area contributed by atoms with E-state index in [1.165, 1.54) is 61.0 Å². The highest BCUT2D eigenvalue weighted by Crippen LogP contribution is 2.23. The zero-order valence-electron chi connectivity index (χ0n) is 13.4. The standard InChI is InChI=1S/C20H27N/c1-3-4-5-6-7-10-18-11-8-9-12-20(18)21-19-15-13-17(2)14-16-19/h8-9,11-16,21H,3-7,10H2,1-2H3. The van der Waals surface area contributed by atoms with Crippen molar-refractivity contribution in [3.63, 3.8) is 0 Å². The highest BCUT2D eigenvalue weighted by molar-refractivity contribution is 5.63. The van der Waals surface area contributed by atoms with Gasteiger partial charge in [0.2, 0.25) is 0 Å². The average Bonchev–Trinajstić information content (AvgIpc) is 2.51. The summed E-state index contributed by atoms with van der Waals surface area (Å²) < 4.78 is 0. The van der Waals surface area contributed by atoms with Gasteiger partial charge in [-0.25, -0.2) is 0 Å². The van der Waals surface area contributed by atoms with Crippen LogP contribution < -0.4 is 5.32 Å². The first-order valence-electron chi connectivity index (χ1n) is 8.21. The molecule has 2 rings (SSSR count). The molecule has 1 heteroatoms. The molecule has 0 atom stereocenters. The molecule has 2 aromatic rings. The van der Waals surface area contributed by atoms with Crippen LogP contribution in [0.1, 0.15) is 50.2 Å². The van der Waals surface area contributed by atoms with Crippen LogP contribution in [0.25, 0.3) is 0 Å². The van der Waals surface area contributed by atoms with E-state index in [0.29, 0.717) is 0 Å². The molecule has 1 N–H and O–H groups in total. The van der Waals surface area contributed by atoms with Gasteiger partial charge in [-0.3, -0.25) is 0 Å². The predicted molar refractivity (Wildman–Crippen MR) is 93.4 cm³/mol. The van der Waals surface area contributed by atoms with E-state index in [1.54, 1.807) is 0 Å². The zero-order chi connectivity index (χ0) is 14.9. The number of hydrogen-bond donors (Lipinski definition) is 1. The number of aryl methyl sites for hydroxylation is 2. The van der Waals surface area contributed by atoms with Crippen molar-refractivity contribution in [2.45, 2.75) is 52.4 Å². The van der Waals surface area contributed by atoms with Crippen LogP contribution in [0.15, 0.2) is 48.5 Å². The second-order valence-corrected chi connectivity index (χ2v) is 5.81. The summed E-state index contributed by atoms with van der Waals surface area (Å²) in [6, 6.07) is 17.3. The molecule has 0 amide bonds. The van der Waals surface area contributed by atoms with Crippen LogP contribution in [0.4, 0.5) is 11.4 Å². The molecule has 0 saturated heterocycles. The van der Waals surface area contributed by atoms with Crippen molar-refractivity contribution in [2.75, 3.05) is 5.32 Å². The van der Waals surface area contributed by atoms with Crippen LogP contribution in [-0.2, 0) is 6.42 Å². The first-order chi connectivity index (χ1) is 10.3. The summed E-state index contributed by atoms with van der Waals surface area (Å²) in [7, 11) is 0. The van der Waals surface area contributed by atoms with Crippen LogP contribution in [-0.4, -0.2) is 0 Å². The Morgan fingerprint density at radius 3 is 2.29 bits per heavy atom. The normalized spacial score (nSPS) is 10.6. The van der Waals surface area contributed by atoms with Crippen molar-refractivity contribution in [1.82, 2.24) is 0 Å². The Bertz CT molecular complexity index is 528. The molecule has 0 saturated carbocycles. The van der Waals surface area contributed by atoms with Gasteiger partial charge in [0.1, 0.15) is 0 Å². The molecule has 112 valence electrons. The minimum Gasteiger partial charge on any atom is -0.355 e. The van der Waals surface area contributed by atoms with Gasteiger partial charge in [0.25, 0.3) is 0 Å². The third kappa shape index (κ3) is 5.26. The first-order valence-corrected chi connectivity index (χ1v) is 8.21. The van der Waals surface area contributed by atoms with Gasteiger partial charge in [-0.05, 0) is 43.5 Å². The summed E-state index contributed by atoms with van der Waals surface area (Å²) in [6.07, 6.45) is 7.83. The molecule has 0 aliphatic carbocycles. The van der Waals surface area contributed by atoms with E-state index in [9.17, 15) is 0 Å². The lowest BCUT2D eigenvalue weighted by molar-refractivity contribution is 0.632. The fourth-order valence-corrected chi connectivity index (χ4v) is 2.57. The van der Waals surface area contributed by atoms with Crippen molar-refractivity contribution in [2.24, 2.45) is 0 Å². The third-order valence-corrected chi connectivity index (χ3v) is 3.90. The lowest BCUT2D eigenvalue weighted by Gasteiger charge is -2.12. The highest BCUT2D eigenvalue weighted by Gasteiger charge is 2.02. The summed E-state index contributed by atoms with van der Waals surface area (Å²) in [5, 5.41) is 3.55. The molecule has 0 bridgehead atoms. The van der Waals surface area contributed by atoms with Crippen molar-refractivity contribution in [3.8, 4) is 0 Å². The molecule has 0 aliphatic heterocycles. The van der Waals surface area contributed by atoms with E-state index in [1.807, 2.05) is 0 Å². The number of rotatable bonds is 8. The van der Waals surface area contributed by atoms with Crippen LogP contribution in [0, 0.1) is 6.92 Å². The minimum absolute atomic E-state index is 1.17. The SMILES string of the molecule is CCCCCCCc1ccccc1Nc1ccc(C)cc1. The molecule has 0 aliphatic rings. The fourth-order valence-electron chi connectivity index (χ4n) is 2.57. The van der Waals surface area contributed by atoms with Crippen LogP contribution >= 0.6 is 0 Å². The number of hydrogen-bond acceptors (Lipinski definition) is 1. The Hall–Kier alpha value is -1.76. The quantitative estimate of drug-likeness (QED) is 0.564. The van der Waals surface area contributed by atoms with Gasteiger partial charge in [-0.2, -0.15) is 0 Å². The maximum absolute atomic E-state index is 3.55. The lowest BCUT2D eigenvalue weighted by Crippen LogP contribution is -1.96. The van der Waals surface area contributed by atoms with Crippen LogP contribution in [0.5, 0.6) is 0 Å². The Morgan fingerprint density at radius 1 is 0.810 bits per heavy atom. The Labute approximate surface area is 129 Å². The van der Waals surface area contributed by atoms with Gasteiger partial charge < -0.3 is 5.32 Å². The van der Waals surface area contributed by atoms with E-state index in [-0.39, 0.29) is 0 Å². The van der Waals surface area contributed by atoms with Crippen molar-refractivity contribution >= 4 is 11.4 Å². The molecule has 0 radical (unpaired) electrons. The number of benzene rings is 2. The molecular weight excluding hydrogens is 254 g/mol. The van der Waals surface area contributed by atoms with E-state index >= 15 is 0 Å². The van der Waals surface area contributed by atoms with E-state index in [4.69, 9.17) is 0 Å². The molecular formula is C20H27N. The van der Waals surface area contributed by atoms with Gasteiger partial charge in [-0.15, -0.1) is 0 Å². The number of para-hydroxylation sites is 1. The molecule has 0 fully saturated rings. The molecule has 0 aromatic heterocycles. The summed E-state index contributed by atoms with van der Waals surface area (Å²) in [5.41, 5.74) is 5.13. The monoisotopic (exact) mass is 281 g/mol. The Morgan fingerprint density at radius 2 is 1.52 bits per heavy atom. The maximum atomic E-state index is 3.55. The number of unbranched alkanes of at least 4 members (excludes halogenated alkanes) is 4. The van der Waals surface area contributed by atoms with Crippen molar-refractivity contribution in [3.05, 3.63) is 59.7 Å². The van der Waals surface area contributed by atoms with E-state index < -0.39 is 0 Å². The van der Waals surface area contributed by atoms with Crippen molar-refractivity contribution < 1.29 is 0 Å². The summed E-state index contributed by atoms with van der Waals surface area (Å²) >= 11 is 0. The van der Waals surface area contributed by atoms with Crippen molar-refractivity contribution in [1.29, 1.82) is 0 Å². The zero-order valence-corrected chi connectivity index (χ0v) is 13.4.